The lowest BCUT2D eigenvalue weighted by Gasteiger charge is -2.17. The van der Waals surface area contributed by atoms with Crippen LogP contribution in [0, 0.1) is 0 Å². The van der Waals surface area contributed by atoms with E-state index in [0.29, 0.717) is 18.2 Å². The first kappa shape index (κ1) is 15.1. The number of amides is 1. The van der Waals surface area contributed by atoms with Crippen molar-refractivity contribution in [2.45, 2.75) is 25.4 Å². The van der Waals surface area contributed by atoms with Crippen LogP contribution in [-0.4, -0.2) is 32.0 Å². The summed E-state index contributed by atoms with van der Waals surface area (Å²) >= 11 is 0. The fraction of sp³-hybridized carbons (Fsp3) is 0.375. The fourth-order valence-electron chi connectivity index (χ4n) is 2.28. The van der Waals surface area contributed by atoms with Gasteiger partial charge in [0.1, 0.15) is 0 Å². The molecule has 0 aliphatic heterocycles. The number of hydrogen-bond acceptors (Lipinski definition) is 2. The molecule has 1 aliphatic rings. The molecule has 112 valence electrons. The highest BCUT2D eigenvalue weighted by Crippen LogP contribution is 2.09. The van der Waals surface area contributed by atoms with Crippen LogP contribution in [0.4, 0.5) is 0 Å². The molecule has 1 aromatic carbocycles. The van der Waals surface area contributed by atoms with Gasteiger partial charge in [0.2, 0.25) is 0 Å². The van der Waals surface area contributed by atoms with Crippen LogP contribution >= 0.6 is 0 Å². The molecule has 21 heavy (non-hydrogen) atoms. The predicted molar refractivity (Wildman–Crippen MR) is 85.3 cm³/mol. The van der Waals surface area contributed by atoms with Gasteiger partial charge < -0.3 is 16.0 Å². The van der Waals surface area contributed by atoms with E-state index in [1.807, 2.05) is 18.2 Å². The summed E-state index contributed by atoms with van der Waals surface area (Å²) in [6.45, 7) is 0.630. The Labute approximate surface area is 125 Å². The van der Waals surface area contributed by atoms with E-state index in [9.17, 15) is 4.79 Å². The minimum Gasteiger partial charge on any atom is -0.355 e. The number of guanidine groups is 1. The molecule has 1 aromatic rings. The van der Waals surface area contributed by atoms with Crippen LogP contribution in [0.5, 0.6) is 0 Å². The van der Waals surface area contributed by atoms with E-state index in [1.54, 1.807) is 20.2 Å². The fourth-order valence-corrected chi connectivity index (χ4v) is 2.28. The lowest BCUT2D eigenvalue weighted by molar-refractivity contribution is 0.0963. The molecule has 0 unspecified atom stereocenters. The first-order valence-corrected chi connectivity index (χ1v) is 7.16. The predicted octanol–water partition coefficient (Wildman–Crippen LogP) is 1.43. The standard InChI is InChI=1S/C16H22N4O/c1-17-15(21)13-7-5-6-12(10-13)11-19-16(18-2)20-14-8-3-4-9-14/h3-7,10,14H,8-9,11H2,1-2H3,(H,17,21)(H2,18,19,20). The Bertz CT molecular complexity index is 543. The van der Waals surface area contributed by atoms with Gasteiger partial charge in [0.05, 0.1) is 0 Å². The summed E-state index contributed by atoms with van der Waals surface area (Å²) in [4.78, 5) is 15.8. The molecule has 0 bridgehead atoms. The van der Waals surface area contributed by atoms with Crippen LogP contribution in [0.3, 0.4) is 0 Å². The third-order valence-electron chi connectivity index (χ3n) is 3.45. The largest absolute Gasteiger partial charge is 0.355 e. The molecule has 0 atom stereocenters. The molecule has 3 N–H and O–H groups in total. The van der Waals surface area contributed by atoms with Gasteiger partial charge in [0.15, 0.2) is 5.96 Å². The highest BCUT2D eigenvalue weighted by Gasteiger charge is 2.11. The smallest absolute Gasteiger partial charge is 0.251 e. The molecular formula is C16H22N4O. The number of aliphatic imine (C=N–C) groups is 1. The SMILES string of the molecule is CN=C(NCc1cccc(C(=O)NC)c1)NC1CC=CC1. The lowest BCUT2D eigenvalue weighted by atomic mass is 10.1. The summed E-state index contributed by atoms with van der Waals surface area (Å²) in [5.41, 5.74) is 1.71. The third kappa shape index (κ3) is 4.34. The molecule has 5 heteroatoms. The summed E-state index contributed by atoms with van der Waals surface area (Å²) in [6.07, 6.45) is 6.43. The first-order valence-electron chi connectivity index (χ1n) is 7.16. The van der Waals surface area contributed by atoms with Crippen LogP contribution in [0.2, 0.25) is 0 Å². The number of carbonyl (C=O) groups excluding carboxylic acids is 1. The zero-order chi connectivity index (χ0) is 15.1. The summed E-state index contributed by atoms with van der Waals surface area (Å²) in [5.74, 6) is 0.713. The maximum Gasteiger partial charge on any atom is 0.251 e. The maximum absolute atomic E-state index is 11.6. The van der Waals surface area contributed by atoms with Gasteiger partial charge in [-0.15, -0.1) is 0 Å². The quantitative estimate of drug-likeness (QED) is 0.446. The molecule has 0 spiro atoms. The molecule has 2 rings (SSSR count). The number of nitrogens with one attached hydrogen (secondary N) is 3. The Kier molecular flexibility index (Phi) is 5.37. The zero-order valence-electron chi connectivity index (χ0n) is 12.5. The van der Waals surface area contributed by atoms with E-state index in [4.69, 9.17) is 0 Å². The summed E-state index contributed by atoms with van der Waals surface area (Å²) < 4.78 is 0. The minimum absolute atomic E-state index is 0.0728. The first-order chi connectivity index (χ1) is 10.2. The van der Waals surface area contributed by atoms with Crippen molar-refractivity contribution in [3.8, 4) is 0 Å². The van der Waals surface area contributed by atoms with E-state index in [1.165, 1.54) is 0 Å². The van der Waals surface area contributed by atoms with Crippen molar-refractivity contribution in [1.82, 2.24) is 16.0 Å². The van der Waals surface area contributed by atoms with E-state index in [2.05, 4.69) is 33.1 Å². The summed E-state index contributed by atoms with van der Waals surface area (Å²) in [5, 5.41) is 9.29. The van der Waals surface area contributed by atoms with Gasteiger partial charge in [0.25, 0.3) is 5.91 Å². The minimum atomic E-state index is -0.0728. The van der Waals surface area contributed by atoms with Gasteiger partial charge >= 0.3 is 0 Å². The van der Waals surface area contributed by atoms with Gasteiger partial charge in [-0.1, -0.05) is 24.3 Å². The van der Waals surface area contributed by atoms with Crippen LogP contribution < -0.4 is 16.0 Å². The van der Waals surface area contributed by atoms with Crippen molar-refractivity contribution in [1.29, 1.82) is 0 Å². The Balaban J connectivity index is 1.90. The normalized spacial score (nSPS) is 15.0. The second kappa shape index (κ2) is 7.47. The molecular weight excluding hydrogens is 264 g/mol. The van der Waals surface area contributed by atoms with Gasteiger partial charge in [-0.3, -0.25) is 9.79 Å². The van der Waals surface area contributed by atoms with Gasteiger partial charge in [-0.2, -0.15) is 0 Å². The van der Waals surface area contributed by atoms with Gasteiger partial charge in [-0.05, 0) is 30.5 Å². The Morgan fingerprint density at radius 3 is 2.76 bits per heavy atom. The molecule has 0 saturated heterocycles. The number of rotatable bonds is 4. The number of benzene rings is 1. The second-order valence-electron chi connectivity index (χ2n) is 4.99. The van der Waals surface area contributed by atoms with Gasteiger partial charge in [-0.25, -0.2) is 0 Å². The highest BCUT2D eigenvalue weighted by atomic mass is 16.1. The van der Waals surface area contributed by atoms with Crippen LogP contribution in [-0.2, 0) is 6.54 Å². The molecule has 0 aromatic heterocycles. The average molecular weight is 286 g/mol. The van der Waals surface area contributed by atoms with Crippen LogP contribution in [0.25, 0.3) is 0 Å². The molecule has 1 amide bonds. The zero-order valence-corrected chi connectivity index (χ0v) is 12.5. The Hall–Kier alpha value is -2.30. The molecule has 0 heterocycles. The van der Waals surface area contributed by atoms with Crippen molar-refractivity contribution in [2.24, 2.45) is 4.99 Å². The van der Waals surface area contributed by atoms with Gasteiger partial charge in [0, 0.05) is 32.2 Å². The molecule has 1 aliphatic carbocycles. The summed E-state index contributed by atoms with van der Waals surface area (Å²) in [6, 6.07) is 7.99. The van der Waals surface area contributed by atoms with E-state index in [0.717, 1.165) is 24.4 Å². The summed E-state index contributed by atoms with van der Waals surface area (Å²) in [7, 11) is 3.40. The van der Waals surface area contributed by atoms with E-state index in [-0.39, 0.29) is 5.91 Å². The van der Waals surface area contributed by atoms with Crippen LogP contribution in [0.1, 0.15) is 28.8 Å². The third-order valence-corrected chi connectivity index (χ3v) is 3.45. The van der Waals surface area contributed by atoms with Crippen molar-refractivity contribution in [3.05, 3.63) is 47.5 Å². The number of nitrogens with zero attached hydrogens (tertiary/aromatic N) is 1. The second-order valence-corrected chi connectivity index (χ2v) is 4.99. The molecule has 0 saturated carbocycles. The van der Waals surface area contributed by atoms with Crippen molar-refractivity contribution >= 4 is 11.9 Å². The molecule has 0 fully saturated rings. The topological polar surface area (TPSA) is 65.5 Å². The van der Waals surface area contributed by atoms with Crippen LogP contribution in [0.15, 0.2) is 41.4 Å². The molecule has 0 radical (unpaired) electrons. The highest BCUT2D eigenvalue weighted by molar-refractivity contribution is 5.94. The molecule has 5 nitrogen and oxygen atoms in total. The number of hydrogen-bond donors (Lipinski definition) is 3. The maximum atomic E-state index is 11.6. The lowest BCUT2D eigenvalue weighted by Crippen LogP contribution is -2.42. The average Bonchev–Trinajstić information content (AvgIpc) is 3.03. The Morgan fingerprint density at radius 2 is 2.10 bits per heavy atom. The van der Waals surface area contributed by atoms with Crippen molar-refractivity contribution in [3.63, 3.8) is 0 Å². The van der Waals surface area contributed by atoms with Crippen molar-refractivity contribution in [2.75, 3.05) is 14.1 Å². The van der Waals surface area contributed by atoms with Crippen molar-refractivity contribution < 1.29 is 4.79 Å². The van der Waals surface area contributed by atoms with E-state index < -0.39 is 0 Å². The number of carbonyl (C=O) groups is 1. The van der Waals surface area contributed by atoms with E-state index >= 15 is 0 Å². The monoisotopic (exact) mass is 286 g/mol. The Morgan fingerprint density at radius 1 is 1.33 bits per heavy atom.